The number of unbranched alkanes of at least 4 members (excludes halogenated alkanes) is 7. The van der Waals surface area contributed by atoms with E-state index in [1.807, 2.05) is 24.3 Å². The third kappa shape index (κ3) is 9.07. The van der Waals surface area contributed by atoms with E-state index in [1.54, 1.807) is 12.4 Å². The molecule has 0 atom stereocenters. The van der Waals surface area contributed by atoms with Crippen molar-refractivity contribution in [3.63, 3.8) is 0 Å². The average Bonchev–Trinajstić information content (AvgIpc) is 2.74. The van der Waals surface area contributed by atoms with E-state index in [2.05, 4.69) is 23.8 Å². The molecule has 0 radical (unpaired) electrons. The number of carbonyl (C=O) groups excluding carboxylic acids is 1. The smallest absolute Gasteiger partial charge is 0.311 e. The van der Waals surface area contributed by atoms with E-state index in [9.17, 15) is 4.79 Å². The van der Waals surface area contributed by atoms with Crippen LogP contribution in [0.3, 0.4) is 0 Å². The van der Waals surface area contributed by atoms with E-state index in [0.717, 1.165) is 43.6 Å². The maximum Gasteiger partial charge on any atom is 0.311 e. The first-order valence-electron chi connectivity index (χ1n) is 11.0. The Bertz CT molecular complexity index is 699. The maximum absolute atomic E-state index is 11.8. The van der Waals surface area contributed by atoms with Gasteiger partial charge in [0.15, 0.2) is 11.6 Å². The molecule has 158 valence electrons. The first kappa shape index (κ1) is 22.9. The van der Waals surface area contributed by atoms with Crippen LogP contribution in [0.4, 0.5) is 0 Å². The number of esters is 1. The van der Waals surface area contributed by atoms with Gasteiger partial charge in [-0.15, -0.1) is 0 Å². The fourth-order valence-electron chi connectivity index (χ4n) is 2.99. The van der Waals surface area contributed by atoms with Crippen molar-refractivity contribution in [2.75, 3.05) is 6.61 Å². The monoisotopic (exact) mass is 398 g/mol. The van der Waals surface area contributed by atoms with Gasteiger partial charge >= 0.3 is 5.97 Å². The zero-order chi connectivity index (χ0) is 20.7. The highest BCUT2D eigenvalue weighted by Gasteiger charge is 2.07. The molecule has 0 N–H and O–H groups in total. The molecule has 1 heterocycles. The Kier molecular flexibility index (Phi) is 10.8. The summed E-state index contributed by atoms with van der Waals surface area (Å²) in [5.41, 5.74) is 0.901. The first-order valence-corrected chi connectivity index (χ1v) is 11.0. The molecule has 1 aromatic carbocycles. The van der Waals surface area contributed by atoms with Crippen LogP contribution in [0.1, 0.15) is 78.1 Å². The summed E-state index contributed by atoms with van der Waals surface area (Å²) in [7, 11) is 0. The summed E-state index contributed by atoms with van der Waals surface area (Å²) in [4.78, 5) is 20.4. The summed E-state index contributed by atoms with van der Waals surface area (Å²) >= 11 is 0. The molecular weight excluding hydrogens is 364 g/mol. The van der Waals surface area contributed by atoms with Crippen LogP contribution >= 0.6 is 0 Å². The summed E-state index contributed by atoms with van der Waals surface area (Å²) in [6.07, 6.45) is 14.0. The van der Waals surface area contributed by atoms with Crippen molar-refractivity contribution in [3.05, 3.63) is 36.7 Å². The highest BCUT2D eigenvalue weighted by atomic mass is 16.5. The molecule has 0 aliphatic carbocycles. The molecule has 0 bridgehead atoms. The molecule has 0 fully saturated rings. The quantitative estimate of drug-likeness (QED) is 0.273. The number of carbonyl (C=O) groups is 1. The lowest BCUT2D eigenvalue weighted by atomic mass is 10.1. The lowest BCUT2D eigenvalue weighted by Gasteiger charge is -2.07. The van der Waals surface area contributed by atoms with Crippen molar-refractivity contribution in [2.45, 2.75) is 78.1 Å². The maximum atomic E-state index is 11.8. The number of hydrogen-bond donors (Lipinski definition) is 0. The van der Waals surface area contributed by atoms with Crippen molar-refractivity contribution < 1.29 is 14.3 Å². The number of aromatic nitrogens is 2. The van der Waals surface area contributed by atoms with Gasteiger partial charge in [-0.05, 0) is 37.1 Å². The van der Waals surface area contributed by atoms with Crippen molar-refractivity contribution in [3.8, 4) is 22.9 Å². The normalized spacial score (nSPS) is 10.7. The summed E-state index contributed by atoms with van der Waals surface area (Å²) in [6, 6.07) is 7.78. The molecule has 0 saturated carbocycles. The van der Waals surface area contributed by atoms with Crippen LogP contribution in [0.5, 0.6) is 11.5 Å². The Morgan fingerprint density at radius 3 is 2.10 bits per heavy atom. The lowest BCUT2D eigenvalue weighted by molar-refractivity contribution is -0.134. The third-order valence-electron chi connectivity index (χ3n) is 4.72. The number of nitrogens with zero attached hydrogens (tertiary/aromatic N) is 2. The Balaban J connectivity index is 1.75. The van der Waals surface area contributed by atoms with Gasteiger partial charge in [-0.3, -0.25) is 4.79 Å². The second kappa shape index (κ2) is 13.7. The van der Waals surface area contributed by atoms with E-state index < -0.39 is 0 Å². The second-order valence-electron chi connectivity index (χ2n) is 7.31. The topological polar surface area (TPSA) is 61.3 Å². The first-order chi connectivity index (χ1) is 14.2. The summed E-state index contributed by atoms with van der Waals surface area (Å²) < 4.78 is 11.1. The summed E-state index contributed by atoms with van der Waals surface area (Å²) in [5.74, 6) is 1.61. The van der Waals surface area contributed by atoms with Crippen LogP contribution in [0.2, 0.25) is 0 Å². The molecule has 5 nitrogen and oxygen atoms in total. The molecule has 2 aromatic rings. The molecule has 0 amide bonds. The van der Waals surface area contributed by atoms with Gasteiger partial charge < -0.3 is 9.47 Å². The molecule has 0 saturated heterocycles. The van der Waals surface area contributed by atoms with Gasteiger partial charge in [-0.25, -0.2) is 9.97 Å². The number of rotatable bonds is 14. The molecule has 0 aliphatic heterocycles. The third-order valence-corrected chi connectivity index (χ3v) is 4.72. The number of hydrogen-bond acceptors (Lipinski definition) is 5. The Morgan fingerprint density at radius 1 is 0.793 bits per heavy atom. The van der Waals surface area contributed by atoms with Gasteiger partial charge in [-0.1, -0.05) is 58.8 Å². The van der Waals surface area contributed by atoms with Crippen molar-refractivity contribution in [2.24, 2.45) is 0 Å². The Morgan fingerprint density at radius 2 is 1.41 bits per heavy atom. The zero-order valence-electron chi connectivity index (χ0n) is 17.9. The fourth-order valence-corrected chi connectivity index (χ4v) is 2.99. The van der Waals surface area contributed by atoms with Crippen LogP contribution in [0.15, 0.2) is 36.7 Å². The van der Waals surface area contributed by atoms with Gasteiger partial charge in [0.2, 0.25) is 0 Å². The van der Waals surface area contributed by atoms with Gasteiger partial charge in [0.05, 0.1) is 19.0 Å². The van der Waals surface area contributed by atoms with Gasteiger partial charge in [0.25, 0.3) is 0 Å². The van der Waals surface area contributed by atoms with E-state index in [1.165, 1.54) is 32.1 Å². The molecule has 5 heteroatoms. The van der Waals surface area contributed by atoms with Crippen LogP contribution in [-0.4, -0.2) is 22.5 Å². The van der Waals surface area contributed by atoms with E-state index >= 15 is 0 Å². The molecule has 0 unspecified atom stereocenters. The van der Waals surface area contributed by atoms with Crippen LogP contribution in [-0.2, 0) is 4.79 Å². The zero-order valence-corrected chi connectivity index (χ0v) is 17.9. The Hall–Kier alpha value is -2.43. The molecular formula is C24H34N2O3. The molecule has 1 aromatic heterocycles. The average molecular weight is 399 g/mol. The largest absolute Gasteiger partial charge is 0.494 e. The van der Waals surface area contributed by atoms with Crippen LogP contribution in [0, 0.1) is 0 Å². The van der Waals surface area contributed by atoms with Crippen molar-refractivity contribution >= 4 is 5.97 Å². The standard InChI is InChI=1S/C24H34N2O3/c1-3-5-7-8-9-11-17-28-21-15-13-20(14-16-21)24-25-18-22(19-26-24)29-23(27)12-10-6-4-2/h13-16,18-19H,3-12,17H2,1-2H3. The van der Waals surface area contributed by atoms with Crippen LogP contribution in [0.25, 0.3) is 11.4 Å². The van der Waals surface area contributed by atoms with Crippen molar-refractivity contribution in [1.29, 1.82) is 0 Å². The minimum atomic E-state index is -0.235. The van der Waals surface area contributed by atoms with Gasteiger partial charge in [-0.2, -0.15) is 0 Å². The SMILES string of the molecule is CCCCCCCCOc1ccc(-c2ncc(OC(=O)CCCCC)cn2)cc1. The predicted octanol–water partition coefficient (Wildman–Crippen LogP) is 6.37. The summed E-state index contributed by atoms with van der Waals surface area (Å²) in [5, 5.41) is 0. The van der Waals surface area contributed by atoms with Gasteiger partial charge in [0, 0.05) is 12.0 Å². The van der Waals surface area contributed by atoms with E-state index in [-0.39, 0.29) is 5.97 Å². The summed E-state index contributed by atoms with van der Waals surface area (Å²) in [6.45, 7) is 5.09. The molecule has 0 aliphatic rings. The lowest BCUT2D eigenvalue weighted by Crippen LogP contribution is -2.08. The highest BCUT2D eigenvalue weighted by molar-refractivity contribution is 5.72. The van der Waals surface area contributed by atoms with E-state index in [0.29, 0.717) is 18.0 Å². The number of benzene rings is 1. The highest BCUT2D eigenvalue weighted by Crippen LogP contribution is 2.21. The number of ether oxygens (including phenoxy) is 2. The van der Waals surface area contributed by atoms with Crippen molar-refractivity contribution in [1.82, 2.24) is 9.97 Å². The minimum absolute atomic E-state index is 0.235. The Labute approximate surface area is 174 Å². The minimum Gasteiger partial charge on any atom is -0.494 e. The molecule has 0 spiro atoms. The molecule has 29 heavy (non-hydrogen) atoms. The van der Waals surface area contributed by atoms with E-state index in [4.69, 9.17) is 9.47 Å². The van der Waals surface area contributed by atoms with Crippen LogP contribution < -0.4 is 9.47 Å². The second-order valence-corrected chi connectivity index (χ2v) is 7.31. The molecule has 2 rings (SSSR count). The fraction of sp³-hybridized carbons (Fsp3) is 0.542. The van der Waals surface area contributed by atoms with Gasteiger partial charge in [0.1, 0.15) is 5.75 Å². The predicted molar refractivity (Wildman–Crippen MR) is 116 cm³/mol.